The number of amides is 1. The molecule has 0 saturated heterocycles. The van der Waals surface area contributed by atoms with Gasteiger partial charge in [-0.15, -0.1) is 0 Å². The molecule has 0 radical (unpaired) electrons. The molecule has 1 N–H and O–H groups in total. The first-order valence-corrected chi connectivity index (χ1v) is 11.9. The molecule has 1 aromatic carbocycles. The Bertz CT molecular complexity index is 1390. The predicted octanol–water partition coefficient (Wildman–Crippen LogP) is 3.52. The van der Waals surface area contributed by atoms with Crippen molar-refractivity contribution in [3.05, 3.63) is 73.6 Å². The summed E-state index contributed by atoms with van der Waals surface area (Å²) in [4.78, 5) is 53.1. The highest BCUT2D eigenvalue weighted by molar-refractivity contribution is 6.42. The van der Waals surface area contributed by atoms with Gasteiger partial charge in [0.1, 0.15) is 0 Å². The molecule has 0 bridgehead atoms. The van der Waals surface area contributed by atoms with Crippen LogP contribution in [0.3, 0.4) is 0 Å². The van der Waals surface area contributed by atoms with Gasteiger partial charge in [-0.2, -0.15) is 0 Å². The Morgan fingerprint density at radius 3 is 2.47 bits per heavy atom. The van der Waals surface area contributed by atoms with Crippen LogP contribution in [0.2, 0.25) is 10.0 Å². The smallest absolute Gasteiger partial charge is 0.376 e. The van der Waals surface area contributed by atoms with Crippen LogP contribution in [0.4, 0.5) is 5.95 Å². The van der Waals surface area contributed by atoms with Gasteiger partial charge in [0.25, 0.3) is 11.5 Å². The van der Waals surface area contributed by atoms with Gasteiger partial charge in [-0.25, -0.2) is 24.3 Å². The van der Waals surface area contributed by atoms with E-state index in [-0.39, 0.29) is 46.9 Å². The summed E-state index contributed by atoms with van der Waals surface area (Å²) in [5, 5.41) is 3.83. The van der Waals surface area contributed by atoms with E-state index in [1.807, 2.05) is 20.8 Å². The number of rotatable bonds is 5. The number of carbonyl (C=O) groups excluding carboxylic acids is 2. The van der Waals surface area contributed by atoms with Gasteiger partial charge in [-0.1, -0.05) is 23.2 Å². The number of carbonyl (C=O) groups is 2. The Balaban J connectivity index is 1.75. The highest BCUT2D eigenvalue weighted by atomic mass is 35.5. The van der Waals surface area contributed by atoms with Crippen molar-refractivity contribution in [2.45, 2.75) is 45.8 Å². The van der Waals surface area contributed by atoms with Crippen LogP contribution in [0.1, 0.15) is 53.0 Å². The highest BCUT2D eigenvalue weighted by Gasteiger charge is 2.32. The van der Waals surface area contributed by atoms with Gasteiger partial charge in [-0.3, -0.25) is 9.59 Å². The number of aromatic nitrogens is 4. The van der Waals surface area contributed by atoms with Crippen molar-refractivity contribution in [3.8, 4) is 5.69 Å². The van der Waals surface area contributed by atoms with Crippen LogP contribution in [0.25, 0.3) is 5.69 Å². The zero-order chi connectivity index (χ0) is 26.1. The average Bonchev–Trinajstić information content (AvgIpc) is 2.85. The van der Waals surface area contributed by atoms with E-state index in [2.05, 4.69) is 20.0 Å². The molecule has 10 nitrogen and oxygen atoms in total. The summed E-state index contributed by atoms with van der Waals surface area (Å²) in [6.07, 6.45) is 3.04. The van der Waals surface area contributed by atoms with E-state index in [4.69, 9.17) is 28.2 Å². The summed E-state index contributed by atoms with van der Waals surface area (Å²) >= 11 is 12.1. The van der Waals surface area contributed by atoms with E-state index in [0.29, 0.717) is 34.0 Å². The first-order valence-electron chi connectivity index (χ1n) is 11.2. The van der Waals surface area contributed by atoms with E-state index in [1.54, 1.807) is 17.0 Å². The third-order valence-electron chi connectivity index (χ3n) is 5.72. The molecule has 1 atom stereocenters. The molecule has 0 aliphatic carbocycles. The second-order valence-electron chi connectivity index (χ2n) is 8.67. The molecular weight excluding hydrogens is 507 g/mol. The second-order valence-corrected chi connectivity index (χ2v) is 9.49. The fourth-order valence-electron chi connectivity index (χ4n) is 3.95. The number of nitrogens with zero attached hydrogens (tertiary/aromatic N) is 5. The maximum atomic E-state index is 13.7. The Hall–Kier alpha value is -3.50. The van der Waals surface area contributed by atoms with Crippen LogP contribution < -0.4 is 10.9 Å². The largest absolute Gasteiger partial charge is 0.463 e. The van der Waals surface area contributed by atoms with Crippen molar-refractivity contribution in [2.24, 2.45) is 0 Å². The third kappa shape index (κ3) is 4.91. The van der Waals surface area contributed by atoms with E-state index in [0.717, 1.165) is 0 Å². The molecule has 0 fully saturated rings. The standard InChI is InChI=1S/C24H24Cl2N6O4/c1-12(2)29-24-30-19-11-31(21(33)14-5-6-17(25)18(26)8-14)13(3)7-16(19)22(34)32(24)15-9-27-20(28-10-15)23(35)36-4/h5-6,8-10,12-13H,7,11H2,1-4H3,(H,29,30)/t13-/m1/s1. The van der Waals surface area contributed by atoms with Crippen LogP contribution in [-0.4, -0.2) is 55.5 Å². The summed E-state index contributed by atoms with van der Waals surface area (Å²) in [5.74, 6) is -0.760. The number of fused-ring (bicyclic) bond motifs is 1. The van der Waals surface area contributed by atoms with E-state index >= 15 is 0 Å². The summed E-state index contributed by atoms with van der Waals surface area (Å²) in [5.41, 5.74) is 1.43. The van der Waals surface area contributed by atoms with Crippen molar-refractivity contribution in [1.29, 1.82) is 0 Å². The lowest BCUT2D eigenvalue weighted by molar-refractivity contribution is 0.0585. The van der Waals surface area contributed by atoms with E-state index < -0.39 is 5.97 Å². The van der Waals surface area contributed by atoms with Crippen LogP contribution in [0.15, 0.2) is 35.4 Å². The maximum absolute atomic E-state index is 13.7. The van der Waals surface area contributed by atoms with Gasteiger partial charge >= 0.3 is 5.97 Å². The molecule has 4 rings (SSSR count). The molecule has 36 heavy (non-hydrogen) atoms. The molecule has 0 unspecified atom stereocenters. The van der Waals surface area contributed by atoms with Crippen LogP contribution in [0.5, 0.6) is 0 Å². The van der Waals surface area contributed by atoms with Crippen LogP contribution in [0, 0.1) is 0 Å². The fourth-order valence-corrected chi connectivity index (χ4v) is 4.25. The summed E-state index contributed by atoms with van der Waals surface area (Å²) in [6.45, 7) is 5.84. The third-order valence-corrected chi connectivity index (χ3v) is 6.46. The van der Waals surface area contributed by atoms with Gasteiger partial charge in [-0.05, 0) is 45.4 Å². The molecule has 0 saturated carbocycles. The van der Waals surface area contributed by atoms with Gasteiger partial charge in [0.2, 0.25) is 11.8 Å². The van der Waals surface area contributed by atoms with Gasteiger partial charge in [0.15, 0.2) is 0 Å². The minimum atomic E-state index is -0.682. The number of nitrogens with one attached hydrogen (secondary N) is 1. The minimum absolute atomic E-state index is 0.0482. The SMILES string of the molecule is COC(=O)c1ncc(-n2c(NC(C)C)nc3c(c2=O)C[C@@H](C)N(C(=O)c2ccc(Cl)c(Cl)c2)C3)cn1. The number of anilines is 1. The quantitative estimate of drug-likeness (QED) is 0.497. The van der Waals surface area contributed by atoms with E-state index in [1.165, 1.54) is 30.1 Å². The van der Waals surface area contributed by atoms with Gasteiger partial charge < -0.3 is 15.0 Å². The van der Waals surface area contributed by atoms with Crippen molar-refractivity contribution >= 4 is 41.0 Å². The molecule has 3 aromatic rings. The summed E-state index contributed by atoms with van der Waals surface area (Å²) < 4.78 is 6.02. The summed E-state index contributed by atoms with van der Waals surface area (Å²) in [7, 11) is 1.24. The Labute approximate surface area is 217 Å². The molecular formula is C24H24Cl2N6O4. The Morgan fingerprint density at radius 1 is 1.17 bits per heavy atom. The molecule has 1 aliphatic heterocycles. The van der Waals surface area contributed by atoms with Crippen molar-refractivity contribution in [2.75, 3.05) is 12.4 Å². The molecule has 12 heteroatoms. The lowest BCUT2D eigenvalue weighted by atomic mass is 9.98. The fraction of sp³-hybridized carbons (Fsp3) is 0.333. The minimum Gasteiger partial charge on any atom is -0.463 e. The van der Waals surface area contributed by atoms with Gasteiger partial charge in [0, 0.05) is 23.2 Å². The number of hydrogen-bond donors (Lipinski definition) is 1. The first-order chi connectivity index (χ1) is 17.1. The lowest BCUT2D eigenvalue weighted by Gasteiger charge is -2.34. The molecule has 2 aromatic heterocycles. The molecule has 3 heterocycles. The van der Waals surface area contributed by atoms with Crippen molar-refractivity contribution in [1.82, 2.24) is 24.4 Å². The number of benzene rings is 1. The predicted molar refractivity (Wildman–Crippen MR) is 135 cm³/mol. The molecule has 1 amide bonds. The molecule has 1 aliphatic rings. The Morgan fingerprint density at radius 2 is 1.86 bits per heavy atom. The Kier molecular flexibility index (Phi) is 7.28. The second kappa shape index (κ2) is 10.2. The van der Waals surface area contributed by atoms with Crippen LogP contribution in [-0.2, 0) is 17.7 Å². The maximum Gasteiger partial charge on any atom is 0.376 e. The summed E-state index contributed by atoms with van der Waals surface area (Å²) in [6, 6.07) is 4.41. The number of methoxy groups -OCH3 is 1. The lowest BCUT2D eigenvalue weighted by Crippen LogP contribution is -2.46. The van der Waals surface area contributed by atoms with Crippen molar-refractivity contribution in [3.63, 3.8) is 0 Å². The number of halogens is 2. The number of hydrogen-bond acceptors (Lipinski definition) is 8. The van der Waals surface area contributed by atoms with Crippen LogP contribution >= 0.6 is 23.2 Å². The van der Waals surface area contributed by atoms with E-state index in [9.17, 15) is 14.4 Å². The molecule has 188 valence electrons. The van der Waals surface area contributed by atoms with Crippen molar-refractivity contribution < 1.29 is 14.3 Å². The highest BCUT2D eigenvalue weighted by Crippen LogP contribution is 2.27. The number of esters is 1. The average molecular weight is 531 g/mol. The zero-order valence-electron chi connectivity index (χ0n) is 20.1. The van der Waals surface area contributed by atoms with Gasteiger partial charge in [0.05, 0.1) is 47.5 Å². The molecule has 0 spiro atoms. The normalized spacial score (nSPS) is 15.0. The zero-order valence-corrected chi connectivity index (χ0v) is 21.6. The monoisotopic (exact) mass is 530 g/mol. The topological polar surface area (TPSA) is 119 Å². The number of ether oxygens (including phenoxy) is 1. The first kappa shape index (κ1) is 25.6.